The third-order valence-corrected chi connectivity index (χ3v) is 4.67. The summed E-state index contributed by atoms with van der Waals surface area (Å²) in [7, 11) is 0. The molecule has 0 radical (unpaired) electrons. The van der Waals surface area contributed by atoms with Crippen LogP contribution >= 0.6 is 23.3 Å². The van der Waals surface area contributed by atoms with Crippen LogP contribution in [0.3, 0.4) is 0 Å². The van der Waals surface area contributed by atoms with Crippen LogP contribution in [0.15, 0.2) is 9.59 Å². The highest BCUT2D eigenvalue weighted by Crippen LogP contribution is 2.42. The molecule has 1 aromatic heterocycles. The Bertz CT molecular complexity index is 331. The lowest BCUT2D eigenvalue weighted by Crippen LogP contribution is -2.35. The smallest absolute Gasteiger partial charge is 0.164 e. The van der Waals surface area contributed by atoms with Crippen molar-refractivity contribution in [1.29, 1.82) is 0 Å². The summed E-state index contributed by atoms with van der Waals surface area (Å²) in [6, 6.07) is 0. The quantitative estimate of drug-likeness (QED) is 0.804. The number of anilines is 1. The fourth-order valence-electron chi connectivity index (χ4n) is 1.19. The zero-order valence-electron chi connectivity index (χ0n) is 9.57. The summed E-state index contributed by atoms with van der Waals surface area (Å²) in [5.41, 5.74) is 6.13. The Hall–Kier alpha value is -0.390. The molecule has 0 saturated heterocycles. The summed E-state index contributed by atoms with van der Waals surface area (Å²) in [6.07, 6.45) is 0. The van der Waals surface area contributed by atoms with E-state index in [1.165, 1.54) is 11.3 Å². The maximum Gasteiger partial charge on any atom is 0.164 e. The number of aromatic hydroxyl groups is 1. The van der Waals surface area contributed by atoms with Gasteiger partial charge < -0.3 is 10.8 Å². The van der Waals surface area contributed by atoms with Crippen molar-refractivity contribution in [3.05, 3.63) is 5.38 Å². The molecule has 0 saturated carbocycles. The first-order chi connectivity index (χ1) is 6.86. The van der Waals surface area contributed by atoms with Gasteiger partial charge in [-0.05, 0) is 32.7 Å². The second-order valence-electron chi connectivity index (χ2n) is 4.28. The van der Waals surface area contributed by atoms with Gasteiger partial charge in [0.25, 0.3) is 0 Å². The Morgan fingerprint density at radius 3 is 2.47 bits per heavy atom. The topological polar surface area (TPSA) is 49.5 Å². The molecule has 3 N–H and O–H groups in total. The zero-order valence-corrected chi connectivity index (χ0v) is 11.2. The van der Waals surface area contributed by atoms with Crippen molar-refractivity contribution in [2.75, 3.05) is 12.3 Å². The van der Waals surface area contributed by atoms with Crippen molar-refractivity contribution in [2.45, 2.75) is 37.4 Å². The van der Waals surface area contributed by atoms with E-state index in [2.05, 4.69) is 32.0 Å². The monoisotopic (exact) mass is 246 g/mol. The number of nitrogen functional groups attached to an aromatic ring is 1. The molecule has 0 spiro atoms. The second kappa shape index (κ2) is 4.63. The van der Waals surface area contributed by atoms with E-state index in [0.29, 0.717) is 5.69 Å². The molecule has 0 amide bonds. The summed E-state index contributed by atoms with van der Waals surface area (Å²) in [6.45, 7) is 9.48. The van der Waals surface area contributed by atoms with E-state index in [1.807, 2.05) is 0 Å². The largest absolute Gasteiger partial charge is 0.504 e. The molecule has 1 heterocycles. The molecule has 86 valence electrons. The third-order valence-electron chi connectivity index (χ3n) is 1.99. The van der Waals surface area contributed by atoms with Gasteiger partial charge in [-0.1, -0.05) is 6.92 Å². The van der Waals surface area contributed by atoms with E-state index in [9.17, 15) is 5.11 Å². The first-order valence-corrected chi connectivity index (χ1v) is 6.53. The summed E-state index contributed by atoms with van der Waals surface area (Å²) >= 11 is 3.05. The Kier molecular flexibility index (Phi) is 3.92. The highest BCUT2D eigenvalue weighted by molar-refractivity contribution is 7.99. The minimum Gasteiger partial charge on any atom is -0.504 e. The number of nitrogens with zero attached hydrogens (tertiary/aromatic N) is 1. The SMILES string of the molecule is CCN(Sc1scc(N)c1O)C(C)(C)C. The maximum absolute atomic E-state index is 9.69. The van der Waals surface area contributed by atoms with Crippen molar-refractivity contribution in [1.82, 2.24) is 4.31 Å². The summed E-state index contributed by atoms with van der Waals surface area (Å²) in [4.78, 5) is 0. The van der Waals surface area contributed by atoms with Crippen molar-refractivity contribution in [2.24, 2.45) is 0 Å². The van der Waals surface area contributed by atoms with Gasteiger partial charge in [-0.25, -0.2) is 4.31 Å². The Morgan fingerprint density at radius 2 is 2.13 bits per heavy atom. The average Bonchev–Trinajstić information content (AvgIpc) is 2.43. The van der Waals surface area contributed by atoms with Crippen LogP contribution in [0.4, 0.5) is 5.69 Å². The number of hydrogen-bond donors (Lipinski definition) is 2. The molecule has 0 aliphatic rings. The van der Waals surface area contributed by atoms with Gasteiger partial charge in [0.2, 0.25) is 0 Å². The molecule has 0 aliphatic heterocycles. The molecule has 0 aliphatic carbocycles. The van der Waals surface area contributed by atoms with Crippen LogP contribution in [0.2, 0.25) is 0 Å². The molecule has 0 fully saturated rings. The molecule has 0 atom stereocenters. The highest BCUT2D eigenvalue weighted by atomic mass is 32.2. The molecule has 3 nitrogen and oxygen atoms in total. The molecule has 1 aromatic rings. The van der Waals surface area contributed by atoms with E-state index in [1.54, 1.807) is 17.3 Å². The van der Waals surface area contributed by atoms with Gasteiger partial charge >= 0.3 is 0 Å². The normalized spacial score (nSPS) is 12.3. The lowest BCUT2D eigenvalue weighted by Gasteiger charge is -2.32. The standard InChI is InChI=1S/C10H18N2OS2/c1-5-12(10(2,3)4)15-9-8(13)7(11)6-14-9/h6,13H,5,11H2,1-4H3. The number of thiophene rings is 1. The Labute approximate surface area is 99.4 Å². The predicted molar refractivity (Wildman–Crippen MR) is 68.4 cm³/mol. The zero-order chi connectivity index (χ0) is 11.6. The number of nitrogens with two attached hydrogens (primary N) is 1. The van der Waals surface area contributed by atoms with Gasteiger partial charge in [-0.2, -0.15) is 0 Å². The van der Waals surface area contributed by atoms with Crippen LogP contribution in [0.25, 0.3) is 0 Å². The minimum atomic E-state index is 0.0740. The maximum atomic E-state index is 9.69. The summed E-state index contributed by atoms with van der Waals surface area (Å²) < 4.78 is 3.09. The van der Waals surface area contributed by atoms with Crippen LogP contribution in [0, 0.1) is 0 Å². The van der Waals surface area contributed by atoms with Gasteiger partial charge in [0.05, 0.1) is 5.69 Å². The highest BCUT2D eigenvalue weighted by Gasteiger charge is 2.23. The fraction of sp³-hybridized carbons (Fsp3) is 0.600. The molecule has 5 heteroatoms. The fourth-order valence-corrected chi connectivity index (χ4v) is 3.16. The van der Waals surface area contributed by atoms with Crippen LogP contribution in [0.5, 0.6) is 5.75 Å². The molecule has 0 unspecified atom stereocenters. The number of rotatable bonds is 3. The van der Waals surface area contributed by atoms with Crippen molar-refractivity contribution in [3.8, 4) is 5.75 Å². The van der Waals surface area contributed by atoms with Gasteiger partial charge in [0.1, 0.15) is 4.21 Å². The molecular formula is C10H18N2OS2. The molecule has 1 rings (SSSR count). The second-order valence-corrected chi connectivity index (χ2v) is 6.45. The molecule has 0 bridgehead atoms. The van der Waals surface area contributed by atoms with E-state index in [-0.39, 0.29) is 11.3 Å². The average molecular weight is 246 g/mol. The van der Waals surface area contributed by atoms with Crippen molar-refractivity contribution >= 4 is 29.0 Å². The van der Waals surface area contributed by atoms with Crippen molar-refractivity contribution in [3.63, 3.8) is 0 Å². The molecule has 0 aromatic carbocycles. The third kappa shape index (κ3) is 3.03. The van der Waals surface area contributed by atoms with E-state index in [0.717, 1.165) is 10.8 Å². The van der Waals surface area contributed by atoms with Gasteiger partial charge in [-0.3, -0.25) is 0 Å². The molecular weight excluding hydrogens is 228 g/mol. The minimum absolute atomic E-state index is 0.0740. The van der Waals surface area contributed by atoms with Crippen LogP contribution < -0.4 is 5.73 Å². The van der Waals surface area contributed by atoms with Crippen LogP contribution in [0.1, 0.15) is 27.7 Å². The van der Waals surface area contributed by atoms with Crippen LogP contribution in [-0.4, -0.2) is 21.5 Å². The van der Waals surface area contributed by atoms with E-state index in [4.69, 9.17) is 5.73 Å². The van der Waals surface area contributed by atoms with Crippen molar-refractivity contribution < 1.29 is 5.11 Å². The van der Waals surface area contributed by atoms with Gasteiger partial charge in [-0.15, -0.1) is 11.3 Å². The summed E-state index contributed by atoms with van der Waals surface area (Å²) in [5, 5.41) is 11.5. The number of hydrogen-bond acceptors (Lipinski definition) is 5. The van der Waals surface area contributed by atoms with Gasteiger partial charge in [0.15, 0.2) is 5.75 Å². The lowest BCUT2D eigenvalue weighted by atomic mass is 10.1. The van der Waals surface area contributed by atoms with Crippen LogP contribution in [-0.2, 0) is 0 Å². The lowest BCUT2D eigenvalue weighted by molar-refractivity contribution is 0.285. The Balaban J connectivity index is 2.80. The first kappa shape index (κ1) is 12.7. The molecule has 15 heavy (non-hydrogen) atoms. The van der Waals surface area contributed by atoms with E-state index >= 15 is 0 Å². The Morgan fingerprint density at radius 1 is 1.53 bits per heavy atom. The first-order valence-electron chi connectivity index (χ1n) is 4.87. The van der Waals surface area contributed by atoms with Gasteiger partial charge in [0, 0.05) is 17.5 Å². The summed E-state index contributed by atoms with van der Waals surface area (Å²) in [5.74, 6) is 0.215. The predicted octanol–water partition coefficient (Wildman–Crippen LogP) is 3.16. The van der Waals surface area contributed by atoms with E-state index < -0.39 is 0 Å².